The van der Waals surface area contributed by atoms with E-state index in [4.69, 9.17) is 10.00 Å². The SMILES string of the molecule is C=C=C(OCC#N)C(=C)C1=C(/C=C\C)C[C@H](CC2CC2)C1.CC. The minimum Gasteiger partial charge on any atom is -0.471 e. The van der Waals surface area contributed by atoms with E-state index < -0.39 is 0 Å². The molecule has 0 radical (unpaired) electrons. The van der Waals surface area contributed by atoms with Crippen molar-refractivity contribution in [3.63, 3.8) is 0 Å². The van der Waals surface area contributed by atoms with Gasteiger partial charge in [-0.1, -0.05) is 57.7 Å². The van der Waals surface area contributed by atoms with Crippen LogP contribution in [0, 0.1) is 23.2 Å². The average Bonchev–Trinajstić information content (AvgIpc) is 3.29. The van der Waals surface area contributed by atoms with E-state index in [0.29, 0.717) is 5.76 Å². The number of ether oxygens (including phenoxy) is 1. The van der Waals surface area contributed by atoms with Crippen molar-refractivity contribution in [2.75, 3.05) is 6.61 Å². The number of nitriles is 1. The van der Waals surface area contributed by atoms with Crippen LogP contribution in [0.2, 0.25) is 0 Å². The lowest BCUT2D eigenvalue weighted by Gasteiger charge is -2.12. The highest BCUT2D eigenvalue weighted by atomic mass is 16.5. The molecule has 0 heterocycles. The van der Waals surface area contributed by atoms with Crippen LogP contribution in [0.25, 0.3) is 0 Å². The lowest BCUT2D eigenvalue weighted by atomic mass is 9.96. The molecule has 0 aliphatic heterocycles. The van der Waals surface area contributed by atoms with Crippen LogP contribution in [0.3, 0.4) is 0 Å². The molecule has 2 aliphatic carbocycles. The first-order chi connectivity index (χ1) is 11.2. The van der Waals surface area contributed by atoms with E-state index in [1.807, 2.05) is 26.8 Å². The third kappa shape index (κ3) is 5.62. The zero-order valence-corrected chi connectivity index (χ0v) is 14.8. The maximum absolute atomic E-state index is 8.65. The first-order valence-corrected chi connectivity index (χ1v) is 8.63. The van der Waals surface area contributed by atoms with E-state index in [0.717, 1.165) is 30.3 Å². The number of nitrogens with zero attached hydrogens (tertiary/aromatic N) is 1. The number of rotatable bonds is 7. The van der Waals surface area contributed by atoms with Crippen LogP contribution in [0.15, 0.2) is 53.5 Å². The Morgan fingerprint density at radius 1 is 1.30 bits per heavy atom. The molecule has 1 fully saturated rings. The van der Waals surface area contributed by atoms with Crippen molar-refractivity contribution in [1.29, 1.82) is 5.26 Å². The van der Waals surface area contributed by atoms with E-state index >= 15 is 0 Å². The maximum atomic E-state index is 8.65. The molecular weight excluding hydrogens is 282 g/mol. The van der Waals surface area contributed by atoms with Gasteiger partial charge < -0.3 is 4.74 Å². The molecule has 0 saturated heterocycles. The highest BCUT2D eigenvalue weighted by Gasteiger charge is 2.31. The zero-order valence-electron chi connectivity index (χ0n) is 14.8. The molecule has 124 valence electrons. The lowest BCUT2D eigenvalue weighted by molar-refractivity contribution is 0.262. The summed E-state index contributed by atoms with van der Waals surface area (Å²) < 4.78 is 5.39. The fourth-order valence-electron chi connectivity index (χ4n) is 3.09. The van der Waals surface area contributed by atoms with Gasteiger partial charge in [-0.15, -0.1) is 0 Å². The van der Waals surface area contributed by atoms with Crippen molar-refractivity contribution in [2.24, 2.45) is 11.8 Å². The fraction of sp³-hybridized carbons (Fsp3) is 0.524. The summed E-state index contributed by atoms with van der Waals surface area (Å²) in [5.41, 5.74) is 6.22. The van der Waals surface area contributed by atoms with Crippen molar-refractivity contribution in [3.8, 4) is 6.07 Å². The first-order valence-electron chi connectivity index (χ1n) is 8.63. The van der Waals surface area contributed by atoms with Crippen LogP contribution in [0.4, 0.5) is 0 Å². The fourth-order valence-corrected chi connectivity index (χ4v) is 3.09. The molecule has 0 aromatic carbocycles. The molecule has 2 rings (SSSR count). The van der Waals surface area contributed by atoms with Crippen molar-refractivity contribution in [3.05, 3.63) is 53.5 Å². The van der Waals surface area contributed by atoms with E-state index in [1.54, 1.807) is 0 Å². The van der Waals surface area contributed by atoms with Crippen molar-refractivity contribution < 1.29 is 4.74 Å². The molecule has 0 spiro atoms. The number of hydrogen-bond acceptors (Lipinski definition) is 2. The molecule has 2 nitrogen and oxygen atoms in total. The summed E-state index contributed by atoms with van der Waals surface area (Å²) in [5, 5.41) is 8.65. The summed E-state index contributed by atoms with van der Waals surface area (Å²) in [4.78, 5) is 0. The van der Waals surface area contributed by atoms with Gasteiger partial charge in [-0.05, 0) is 49.2 Å². The Balaban J connectivity index is 0.00000127. The second-order valence-corrected chi connectivity index (χ2v) is 5.89. The normalized spacial score (nSPS) is 19.7. The van der Waals surface area contributed by atoms with Crippen LogP contribution in [-0.2, 0) is 4.74 Å². The van der Waals surface area contributed by atoms with Crippen LogP contribution in [0.5, 0.6) is 0 Å². The molecule has 1 atom stereocenters. The second kappa shape index (κ2) is 9.93. The van der Waals surface area contributed by atoms with Crippen LogP contribution in [0.1, 0.15) is 52.9 Å². The Morgan fingerprint density at radius 3 is 2.52 bits per heavy atom. The largest absolute Gasteiger partial charge is 0.471 e. The van der Waals surface area contributed by atoms with Crippen LogP contribution in [-0.4, -0.2) is 6.61 Å². The molecule has 0 aromatic rings. The van der Waals surface area contributed by atoms with Crippen molar-refractivity contribution >= 4 is 0 Å². The summed E-state index contributed by atoms with van der Waals surface area (Å²) in [6.07, 6.45) is 10.6. The third-order valence-corrected chi connectivity index (χ3v) is 4.20. The van der Waals surface area contributed by atoms with Gasteiger partial charge >= 0.3 is 0 Å². The zero-order chi connectivity index (χ0) is 17.2. The smallest absolute Gasteiger partial charge is 0.175 e. The summed E-state index contributed by atoms with van der Waals surface area (Å²) in [5.74, 6) is 2.18. The topological polar surface area (TPSA) is 33.0 Å². The molecule has 0 N–H and O–H groups in total. The minimum atomic E-state index is 0.00854. The van der Waals surface area contributed by atoms with Gasteiger partial charge in [-0.25, -0.2) is 0 Å². The van der Waals surface area contributed by atoms with Gasteiger partial charge in [-0.3, -0.25) is 0 Å². The second-order valence-electron chi connectivity index (χ2n) is 5.89. The predicted octanol–water partition coefficient (Wildman–Crippen LogP) is 5.86. The van der Waals surface area contributed by atoms with Crippen LogP contribution < -0.4 is 0 Å². The Bertz CT molecular complexity index is 563. The molecule has 2 heteroatoms. The first kappa shape index (κ1) is 19.1. The Kier molecular flexibility index (Phi) is 8.23. The van der Waals surface area contributed by atoms with Crippen molar-refractivity contribution in [1.82, 2.24) is 0 Å². The average molecular weight is 311 g/mol. The molecule has 23 heavy (non-hydrogen) atoms. The van der Waals surface area contributed by atoms with Gasteiger partial charge in [-0.2, -0.15) is 5.26 Å². The molecule has 0 unspecified atom stereocenters. The van der Waals surface area contributed by atoms with Gasteiger partial charge in [0.1, 0.15) is 6.07 Å². The summed E-state index contributed by atoms with van der Waals surface area (Å²) in [6, 6.07) is 1.98. The highest BCUT2D eigenvalue weighted by molar-refractivity contribution is 5.49. The molecule has 0 aromatic heterocycles. The van der Waals surface area contributed by atoms with E-state index in [2.05, 4.69) is 31.0 Å². The molecule has 2 aliphatic rings. The minimum absolute atomic E-state index is 0.00854. The molecule has 0 amide bonds. The highest BCUT2D eigenvalue weighted by Crippen LogP contribution is 2.45. The van der Waals surface area contributed by atoms with Gasteiger partial charge in [0.15, 0.2) is 12.4 Å². The summed E-state index contributed by atoms with van der Waals surface area (Å²) >= 11 is 0. The standard InChI is InChI=1S/C19H23NO.C2H6/c1-4-6-17-12-16(11-15-7-8-15)13-18(17)14(3)19(5-2)21-10-9-20;1-2/h4,6,15-16H,2-3,7-8,10-13H2,1H3;1-2H3/b6-4-;/t16-;/m0./s1. The van der Waals surface area contributed by atoms with E-state index in [9.17, 15) is 0 Å². The molecular formula is C21H29NO. The maximum Gasteiger partial charge on any atom is 0.175 e. The van der Waals surface area contributed by atoms with Crippen molar-refractivity contribution in [2.45, 2.75) is 52.9 Å². The number of allylic oxidation sites excluding steroid dienone is 4. The Labute approximate surface area is 141 Å². The molecule has 0 bridgehead atoms. The molecule has 1 saturated carbocycles. The lowest BCUT2D eigenvalue weighted by Crippen LogP contribution is -2.00. The Morgan fingerprint density at radius 2 is 2.00 bits per heavy atom. The summed E-state index contributed by atoms with van der Waals surface area (Å²) in [7, 11) is 0. The quantitative estimate of drug-likeness (QED) is 0.335. The predicted molar refractivity (Wildman–Crippen MR) is 96.6 cm³/mol. The summed E-state index contributed by atoms with van der Waals surface area (Å²) in [6.45, 7) is 13.9. The van der Waals surface area contributed by atoms with E-state index in [1.165, 1.54) is 30.4 Å². The van der Waals surface area contributed by atoms with Gasteiger partial charge in [0.05, 0.1) is 0 Å². The van der Waals surface area contributed by atoms with Gasteiger partial charge in [0.2, 0.25) is 0 Å². The van der Waals surface area contributed by atoms with Crippen LogP contribution >= 0.6 is 0 Å². The Hall–Kier alpha value is -1.97. The van der Waals surface area contributed by atoms with Gasteiger partial charge in [0.25, 0.3) is 0 Å². The third-order valence-electron chi connectivity index (χ3n) is 4.20. The van der Waals surface area contributed by atoms with E-state index in [-0.39, 0.29) is 6.61 Å². The number of hydrogen-bond donors (Lipinski definition) is 0. The monoisotopic (exact) mass is 311 g/mol. The van der Waals surface area contributed by atoms with Gasteiger partial charge in [0, 0.05) is 5.57 Å².